The summed E-state index contributed by atoms with van der Waals surface area (Å²) in [4.78, 5) is 16.1. The zero-order chi connectivity index (χ0) is 18.0. The van der Waals surface area contributed by atoms with Crippen molar-refractivity contribution in [2.45, 2.75) is 0 Å². The van der Waals surface area contributed by atoms with Crippen molar-refractivity contribution in [2.24, 2.45) is 4.99 Å². The second-order valence-corrected chi connectivity index (χ2v) is 6.62. The number of aliphatic imine (C=N–C) groups is 1. The maximum atomic E-state index is 11.9. The van der Waals surface area contributed by atoms with E-state index in [0.717, 1.165) is 0 Å². The highest BCUT2D eigenvalue weighted by Crippen LogP contribution is 2.27. The van der Waals surface area contributed by atoms with Gasteiger partial charge in [0.1, 0.15) is 0 Å². The second kappa shape index (κ2) is 7.63. The molecule has 0 saturated carbocycles. The van der Waals surface area contributed by atoms with Gasteiger partial charge in [-0.15, -0.1) is 0 Å². The van der Waals surface area contributed by atoms with Gasteiger partial charge in [0.25, 0.3) is 0 Å². The molecular weight excluding hydrogens is 404 g/mol. The minimum absolute atomic E-state index is 0.160. The summed E-state index contributed by atoms with van der Waals surface area (Å²) >= 11 is 23.9. The fraction of sp³-hybridized carbons (Fsp3) is 0. The maximum absolute atomic E-state index is 11.9. The van der Waals surface area contributed by atoms with Crippen molar-refractivity contribution in [3.05, 3.63) is 79.4 Å². The molecule has 2 aromatic carbocycles. The molecule has 126 valence electrons. The van der Waals surface area contributed by atoms with Crippen molar-refractivity contribution in [3.8, 4) is 0 Å². The molecule has 0 spiro atoms. The van der Waals surface area contributed by atoms with Crippen molar-refractivity contribution in [1.29, 1.82) is 0 Å². The fourth-order valence-corrected chi connectivity index (χ4v) is 2.74. The molecule has 1 aliphatic heterocycles. The van der Waals surface area contributed by atoms with Crippen LogP contribution in [0.15, 0.2) is 53.2 Å². The van der Waals surface area contributed by atoms with Gasteiger partial charge in [0.2, 0.25) is 5.90 Å². The third-order valence-corrected chi connectivity index (χ3v) is 4.84. The van der Waals surface area contributed by atoms with Crippen molar-refractivity contribution < 1.29 is 9.53 Å². The number of ether oxygens (including phenoxy) is 1. The van der Waals surface area contributed by atoms with Crippen molar-refractivity contribution >= 4 is 70.4 Å². The Labute approximate surface area is 164 Å². The van der Waals surface area contributed by atoms with Gasteiger partial charge in [0.15, 0.2) is 5.70 Å². The van der Waals surface area contributed by atoms with Crippen LogP contribution in [0.4, 0.5) is 0 Å². The number of rotatable bonds is 3. The largest absolute Gasteiger partial charge is 0.403 e. The topological polar surface area (TPSA) is 38.7 Å². The number of hydrogen-bond acceptors (Lipinski definition) is 3. The van der Waals surface area contributed by atoms with E-state index in [-0.39, 0.29) is 11.6 Å². The van der Waals surface area contributed by atoms with Gasteiger partial charge in [0, 0.05) is 6.08 Å². The predicted octanol–water partition coefficient (Wildman–Crippen LogP) is 6.31. The third kappa shape index (κ3) is 4.25. The van der Waals surface area contributed by atoms with E-state index >= 15 is 0 Å². The lowest BCUT2D eigenvalue weighted by Gasteiger charge is -1.99. The van der Waals surface area contributed by atoms with Crippen LogP contribution in [0.3, 0.4) is 0 Å². The number of halogens is 4. The molecule has 2 aromatic rings. The average molecular weight is 413 g/mol. The molecule has 0 aromatic heterocycles. The molecule has 0 aliphatic carbocycles. The SMILES string of the molecule is O=C1OC(/C=C/c2cccc(Cl)c2Cl)=NC/1=C\c1ccc(Cl)c(Cl)c1. The summed E-state index contributed by atoms with van der Waals surface area (Å²) < 4.78 is 5.11. The van der Waals surface area contributed by atoms with E-state index in [1.165, 1.54) is 0 Å². The van der Waals surface area contributed by atoms with E-state index in [1.807, 2.05) is 0 Å². The Morgan fingerprint density at radius 2 is 1.72 bits per heavy atom. The van der Waals surface area contributed by atoms with Gasteiger partial charge in [-0.3, -0.25) is 0 Å². The third-order valence-electron chi connectivity index (χ3n) is 3.27. The summed E-state index contributed by atoms with van der Waals surface area (Å²) in [5.74, 6) is -0.393. The number of cyclic esters (lactones) is 1. The summed E-state index contributed by atoms with van der Waals surface area (Å²) in [6.45, 7) is 0. The van der Waals surface area contributed by atoms with Crippen molar-refractivity contribution in [1.82, 2.24) is 0 Å². The standard InChI is InChI=1S/C18H9Cl4NO2/c19-12-6-4-10(8-14(12)21)9-15-18(24)25-16(23-15)7-5-11-2-1-3-13(20)17(11)22/h1-9H/b7-5+,15-9-. The molecule has 0 fully saturated rings. The van der Waals surface area contributed by atoms with Gasteiger partial charge in [-0.05, 0) is 41.5 Å². The Hall–Kier alpha value is -1.78. The molecule has 7 heteroatoms. The lowest BCUT2D eigenvalue weighted by Crippen LogP contribution is -2.01. The fourth-order valence-electron chi connectivity index (χ4n) is 2.07. The number of carbonyl (C=O) groups is 1. The first-order chi connectivity index (χ1) is 11.9. The Morgan fingerprint density at radius 3 is 2.48 bits per heavy atom. The van der Waals surface area contributed by atoms with Crippen LogP contribution in [-0.4, -0.2) is 11.9 Å². The van der Waals surface area contributed by atoms with Gasteiger partial charge < -0.3 is 4.74 Å². The van der Waals surface area contributed by atoms with Crippen LogP contribution in [-0.2, 0) is 9.53 Å². The van der Waals surface area contributed by atoms with Crippen LogP contribution >= 0.6 is 46.4 Å². The summed E-state index contributed by atoms with van der Waals surface area (Å²) in [6.07, 6.45) is 4.78. The Bertz CT molecular complexity index is 948. The number of esters is 1. The molecule has 0 saturated heterocycles. The highest BCUT2D eigenvalue weighted by atomic mass is 35.5. The minimum Gasteiger partial charge on any atom is -0.403 e. The van der Waals surface area contributed by atoms with E-state index in [9.17, 15) is 4.79 Å². The van der Waals surface area contributed by atoms with Crippen LogP contribution in [0, 0.1) is 0 Å². The summed E-state index contributed by atoms with van der Waals surface area (Å²) in [5.41, 5.74) is 1.54. The van der Waals surface area contributed by atoms with Crippen molar-refractivity contribution in [2.75, 3.05) is 0 Å². The Balaban J connectivity index is 1.84. The van der Waals surface area contributed by atoms with Gasteiger partial charge in [-0.25, -0.2) is 9.79 Å². The molecule has 0 N–H and O–H groups in total. The van der Waals surface area contributed by atoms with Crippen LogP contribution in [0.25, 0.3) is 12.2 Å². The Kier molecular flexibility index (Phi) is 5.50. The highest BCUT2D eigenvalue weighted by Gasteiger charge is 2.21. The monoisotopic (exact) mass is 411 g/mol. The molecule has 1 heterocycles. The van der Waals surface area contributed by atoms with E-state index < -0.39 is 5.97 Å². The Morgan fingerprint density at radius 1 is 0.920 bits per heavy atom. The lowest BCUT2D eigenvalue weighted by molar-refractivity contribution is -0.129. The number of carbonyl (C=O) groups excluding carboxylic acids is 1. The normalized spacial score (nSPS) is 15.8. The molecule has 0 bridgehead atoms. The quantitative estimate of drug-likeness (QED) is 0.437. The molecule has 3 nitrogen and oxygen atoms in total. The van der Waals surface area contributed by atoms with Gasteiger partial charge >= 0.3 is 5.97 Å². The maximum Gasteiger partial charge on any atom is 0.363 e. The van der Waals surface area contributed by atoms with Gasteiger partial charge in [-0.2, -0.15) is 0 Å². The average Bonchev–Trinajstić information content (AvgIpc) is 2.92. The van der Waals surface area contributed by atoms with Gasteiger partial charge in [0.05, 0.1) is 20.1 Å². The molecule has 3 rings (SSSR count). The molecule has 0 radical (unpaired) electrons. The minimum atomic E-state index is -0.553. The zero-order valence-corrected chi connectivity index (χ0v) is 15.5. The summed E-state index contributed by atoms with van der Waals surface area (Å²) in [6, 6.07) is 10.2. The first kappa shape index (κ1) is 18.0. The molecule has 0 atom stereocenters. The lowest BCUT2D eigenvalue weighted by atomic mass is 10.2. The van der Waals surface area contributed by atoms with Gasteiger partial charge in [-0.1, -0.05) is 64.6 Å². The molecule has 1 aliphatic rings. The van der Waals surface area contributed by atoms with Crippen LogP contribution in [0.1, 0.15) is 11.1 Å². The molecule has 0 amide bonds. The molecule has 25 heavy (non-hydrogen) atoms. The number of hydrogen-bond donors (Lipinski definition) is 0. The van der Waals surface area contributed by atoms with E-state index in [2.05, 4.69) is 4.99 Å². The highest BCUT2D eigenvalue weighted by molar-refractivity contribution is 6.43. The number of benzene rings is 2. The van der Waals surface area contributed by atoms with Crippen LogP contribution in [0.2, 0.25) is 20.1 Å². The van der Waals surface area contributed by atoms with Crippen LogP contribution in [0.5, 0.6) is 0 Å². The van der Waals surface area contributed by atoms with Crippen molar-refractivity contribution in [3.63, 3.8) is 0 Å². The zero-order valence-electron chi connectivity index (χ0n) is 12.5. The molecular formula is C18H9Cl4NO2. The second-order valence-electron chi connectivity index (χ2n) is 5.02. The number of nitrogens with zero attached hydrogens (tertiary/aromatic N) is 1. The smallest absolute Gasteiger partial charge is 0.363 e. The van der Waals surface area contributed by atoms with E-state index in [0.29, 0.717) is 31.2 Å². The predicted molar refractivity (Wildman–Crippen MR) is 103 cm³/mol. The van der Waals surface area contributed by atoms with E-state index in [1.54, 1.807) is 54.6 Å². The first-order valence-corrected chi connectivity index (χ1v) is 8.55. The van der Waals surface area contributed by atoms with Crippen LogP contribution < -0.4 is 0 Å². The first-order valence-electron chi connectivity index (χ1n) is 7.04. The molecule has 0 unspecified atom stereocenters. The summed E-state index contributed by atoms with van der Waals surface area (Å²) in [5, 5.41) is 1.68. The summed E-state index contributed by atoms with van der Waals surface area (Å²) in [7, 11) is 0. The van der Waals surface area contributed by atoms with E-state index in [4.69, 9.17) is 51.1 Å².